The molecule has 2 fully saturated rings. The average Bonchev–Trinajstić information content (AvgIpc) is 2.96. The predicted molar refractivity (Wildman–Crippen MR) is 61.7 cm³/mol. The molecule has 0 aromatic rings. The molecule has 1 heterocycles. The molecule has 0 aromatic heterocycles. The Bertz CT molecular complexity index is 200. The standard InChI is InChI=1S/C12H24N2O/c1-9(10-3-4-10)14(2)12(7-13)11-5-6-15-8-11/h9-12H,3-8,13H2,1-2H3. The minimum absolute atomic E-state index is 0.517. The van der Waals surface area contributed by atoms with Gasteiger partial charge >= 0.3 is 0 Å². The van der Waals surface area contributed by atoms with E-state index in [-0.39, 0.29) is 0 Å². The van der Waals surface area contributed by atoms with Crippen LogP contribution in [0.25, 0.3) is 0 Å². The molecule has 3 unspecified atom stereocenters. The summed E-state index contributed by atoms with van der Waals surface area (Å²) in [7, 11) is 2.23. The van der Waals surface area contributed by atoms with Crippen molar-refractivity contribution in [3.8, 4) is 0 Å². The maximum Gasteiger partial charge on any atom is 0.0510 e. The Kier molecular flexibility index (Phi) is 3.65. The fourth-order valence-electron chi connectivity index (χ4n) is 2.76. The van der Waals surface area contributed by atoms with Gasteiger partial charge in [0.15, 0.2) is 0 Å². The van der Waals surface area contributed by atoms with E-state index in [2.05, 4.69) is 18.9 Å². The lowest BCUT2D eigenvalue weighted by Crippen LogP contribution is -2.48. The Hall–Kier alpha value is -0.120. The van der Waals surface area contributed by atoms with Crippen LogP contribution in [0, 0.1) is 11.8 Å². The highest BCUT2D eigenvalue weighted by Gasteiger charge is 2.36. The highest BCUT2D eigenvalue weighted by atomic mass is 16.5. The van der Waals surface area contributed by atoms with Crippen LogP contribution in [0.2, 0.25) is 0 Å². The molecule has 0 aromatic carbocycles. The van der Waals surface area contributed by atoms with Crippen molar-refractivity contribution in [1.82, 2.24) is 4.90 Å². The highest BCUT2D eigenvalue weighted by Crippen LogP contribution is 2.36. The molecule has 2 N–H and O–H groups in total. The van der Waals surface area contributed by atoms with Crippen molar-refractivity contribution in [2.75, 3.05) is 26.8 Å². The second-order valence-corrected chi connectivity index (χ2v) is 5.17. The number of nitrogens with zero attached hydrogens (tertiary/aromatic N) is 1. The lowest BCUT2D eigenvalue weighted by molar-refractivity contribution is 0.107. The zero-order valence-electron chi connectivity index (χ0n) is 9.98. The largest absolute Gasteiger partial charge is 0.381 e. The van der Waals surface area contributed by atoms with E-state index in [1.807, 2.05) is 0 Å². The van der Waals surface area contributed by atoms with Gasteiger partial charge in [-0.1, -0.05) is 0 Å². The Morgan fingerprint density at radius 3 is 2.53 bits per heavy atom. The van der Waals surface area contributed by atoms with Gasteiger partial charge in [-0.2, -0.15) is 0 Å². The molecule has 2 rings (SSSR count). The Morgan fingerprint density at radius 2 is 2.07 bits per heavy atom. The number of likely N-dealkylation sites (N-methyl/N-ethyl adjacent to an activating group) is 1. The first-order chi connectivity index (χ1) is 7.24. The van der Waals surface area contributed by atoms with Gasteiger partial charge in [0, 0.05) is 31.2 Å². The predicted octanol–water partition coefficient (Wildman–Crippen LogP) is 1.08. The van der Waals surface area contributed by atoms with E-state index in [1.165, 1.54) is 19.3 Å². The van der Waals surface area contributed by atoms with Gasteiger partial charge in [-0.05, 0) is 39.2 Å². The zero-order valence-corrected chi connectivity index (χ0v) is 9.98. The Balaban J connectivity index is 1.91. The van der Waals surface area contributed by atoms with Crippen LogP contribution in [0.3, 0.4) is 0 Å². The van der Waals surface area contributed by atoms with Gasteiger partial charge in [0.1, 0.15) is 0 Å². The molecule has 0 spiro atoms. The SMILES string of the molecule is CC(C1CC1)N(C)C(CN)C1CCOC1. The summed E-state index contributed by atoms with van der Waals surface area (Å²) >= 11 is 0. The van der Waals surface area contributed by atoms with Crippen LogP contribution in [0.4, 0.5) is 0 Å². The van der Waals surface area contributed by atoms with Crippen LogP contribution >= 0.6 is 0 Å². The minimum atomic E-state index is 0.517. The van der Waals surface area contributed by atoms with E-state index in [0.29, 0.717) is 18.0 Å². The summed E-state index contributed by atoms with van der Waals surface area (Å²) in [5.41, 5.74) is 5.91. The summed E-state index contributed by atoms with van der Waals surface area (Å²) in [4.78, 5) is 2.50. The average molecular weight is 212 g/mol. The van der Waals surface area contributed by atoms with Gasteiger partial charge in [0.05, 0.1) is 6.61 Å². The van der Waals surface area contributed by atoms with Crippen molar-refractivity contribution in [1.29, 1.82) is 0 Å². The third kappa shape index (κ3) is 2.52. The van der Waals surface area contributed by atoms with Crippen LogP contribution in [0.15, 0.2) is 0 Å². The lowest BCUT2D eigenvalue weighted by atomic mass is 9.96. The Morgan fingerprint density at radius 1 is 1.33 bits per heavy atom. The van der Waals surface area contributed by atoms with E-state index >= 15 is 0 Å². The molecule has 0 radical (unpaired) electrons. The zero-order chi connectivity index (χ0) is 10.8. The highest BCUT2D eigenvalue weighted by molar-refractivity contribution is 4.90. The van der Waals surface area contributed by atoms with Crippen molar-refractivity contribution in [2.24, 2.45) is 17.6 Å². The van der Waals surface area contributed by atoms with Gasteiger partial charge < -0.3 is 10.5 Å². The van der Waals surface area contributed by atoms with E-state index in [9.17, 15) is 0 Å². The fourth-order valence-corrected chi connectivity index (χ4v) is 2.76. The van der Waals surface area contributed by atoms with Gasteiger partial charge in [-0.15, -0.1) is 0 Å². The van der Waals surface area contributed by atoms with Crippen LogP contribution in [-0.4, -0.2) is 43.8 Å². The quantitative estimate of drug-likeness (QED) is 0.741. The molecule has 3 atom stereocenters. The Labute approximate surface area is 93.0 Å². The molecule has 2 aliphatic rings. The van der Waals surface area contributed by atoms with E-state index in [0.717, 1.165) is 25.7 Å². The monoisotopic (exact) mass is 212 g/mol. The second kappa shape index (κ2) is 4.81. The molecule has 3 heteroatoms. The molecule has 0 amide bonds. The number of hydrogen-bond donors (Lipinski definition) is 1. The third-order valence-corrected chi connectivity index (χ3v) is 4.22. The molecule has 1 saturated carbocycles. The molecule has 1 aliphatic carbocycles. The van der Waals surface area contributed by atoms with E-state index < -0.39 is 0 Å². The first-order valence-corrected chi connectivity index (χ1v) is 6.23. The number of nitrogens with two attached hydrogens (primary N) is 1. The molecule has 15 heavy (non-hydrogen) atoms. The number of rotatable bonds is 5. The smallest absolute Gasteiger partial charge is 0.0510 e. The van der Waals surface area contributed by atoms with E-state index in [4.69, 9.17) is 10.5 Å². The number of ether oxygens (including phenoxy) is 1. The summed E-state index contributed by atoms with van der Waals surface area (Å²) in [6.07, 6.45) is 4.00. The van der Waals surface area contributed by atoms with Crippen molar-refractivity contribution in [2.45, 2.75) is 38.3 Å². The summed E-state index contributed by atoms with van der Waals surface area (Å²) < 4.78 is 5.46. The van der Waals surface area contributed by atoms with Crippen LogP contribution in [-0.2, 0) is 4.74 Å². The van der Waals surface area contributed by atoms with Gasteiger partial charge in [-0.3, -0.25) is 4.90 Å². The molecular formula is C12H24N2O. The molecular weight excluding hydrogens is 188 g/mol. The van der Waals surface area contributed by atoms with Crippen molar-refractivity contribution in [3.63, 3.8) is 0 Å². The van der Waals surface area contributed by atoms with Crippen molar-refractivity contribution < 1.29 is 4.74 Å². The van der Waals surface area contributed by atoms with Crippen molar-refractivity contribution in [3.05, 3.63) is 0 Å². The molecule has 88 valence electrons. The summed E-state index contributed by atoms with van der Waals surface area (Å²) in [5.74, 6) is 1.58. The molecule has 1 aliphatic heterocycles. The molecule has 1 saturated heterocycles. The van der Waals surface area contributed by atoms with Crippen LogP contribution in [0.1, 0.15) is 26.2 Å². The summed E-state index contributed by atoms with van der Waals surface area (Å²) in [6, 6.07) is 1.21. The first kappa shape index (κ1) is 11.4. The van der Waals surface area contributed by atoms with E-state index in [1.54, 1.807) is 0 Å². The van der Waals surface area contributed by atoms with Crippen LogP contribution in [0.5, 0.6) is 0 Å². The van der Waals surface area contributed by atoms with Crippen LogP contribution < -0.4 is 5.73 Å². The van der Waals surface area contributed by atoms with Gasteiger partial charge in [0.25, 0.3) is 0 Å². The molecule has 0 bridgehead atoms. The fraction of sp³-hybridized carbons (Fsp3) is 1.00. The normalized spacial score (nSPS) is 30.8. The van der Waals surface area contributed by atoms with Gasteiger partial charge in [-0.25, -0.2) is 0 Å². The topological polar surface area (TPSA) is 38.5 Å². The summed E-state index contributed by atoms with van der Waals surface area (Å²) in [6.45, 7) is 4.94. The maximum absolute atomic E-state index is 5.91. The minimum Gasteiger partial charge on any atom is -0.381 e. The molecule has 3 nitrogen and oxygen atoms in total. The van der Waals surface area contributed by atoms with Gasteiger partial charge in [0.2, 0.25) is 0 Å². The van der Waals surface area contributed by atoms with Crippen molar-refractivity contribution >= 4 is 0 Å². The second-order valence-electron chi connectivity index (χ2n) is 5.17. The first-order valence-electron chi connectivity index (χ1n) is 6.23. The maximum atomic E-state index is 5.91. The lowest BCUT2D eigenvalue weighted by Gasteiger charge is -2.35. The number of hydrogen-bond acceptors (Lipinski definition) is 3. The summed E-state index contributed by atoms with van der Waals surface area (Å²) in [5, 5.41) is 0. The third-order valence-electron chi connectivity index (χ3n) is 4.22.